The molecule has 1 N–H and O–H groups in total. The lowest BCUT2D eigenvalue weighted by Gasteiger charge is -2.32. The van der Waals surface area contributed by atoms with Crippen molar-refractivity contribution in [3.8, 4) is 12.3 Å². The number of nitrogens with one attached hydrogen (secondary N) is 1. The Hall–Kier alpha value is -0.480. The van der Waals surface area contributed by atoms with Gasteiger partial charge in [0.25, 0.3) is 0 Å². The van der Waals surface area contributed by atoms with Crippen molar-refractivity contribution in [3.05, 3.63) is 0 Å². The predicted molar refractivity (Wildman–Crippen MR) is 66.7 cm³/mol. The van der Waals surface area contributed by atoms with Gasteiger partial charge < -0.3 is 5.32 Å². The Bertz CT molecular complexity index is 202. The third-order valence-electron chi connectivity index (χ3n) is 3.51. The normalized spacial score (nSPS) is 26.5. The van der Waals surface area contributed by atoms with E-state index in [1.54, 1.807) is 0 Å². The molecule has 0 aromatic heterocycles. The van der Waals surface area contributed by atoms with Gasteiger partial charge in [0.2, 0.25) is 0 Å². The van der Waals surface area contributed by atoms with Crippen LogP contribution in [0, 0.1) is 24.2 Å². The second-order valence-electron chi connectivity index (χ2n) is 5.11. The SMILES string of the molecule is C#CCCC1CCCCC1CNC(C)C. The van der Waals surface area contributed by atoms with E-state index in [2.05, 4.69) is 25.1 Å². The van der Waals surface area contributed by atoms with E-state index >= 15 is 0 Å². The Kier molecular flexibility index (Phi) is 5.79. The number of hydrogen-bond donors (Lipinski definition) is 1. The Morgan fingerprint density at radius 2 is 1.93 bits per heavy atom. The van der Waals surface area contributed by atoms with E-state index in [0.717, 1.165) is 18.3 Å². The summed E-state index contributed by atoms with van der Waals surface area (Å²) in [4.78, 5) is 0. The lowest BCUT2D eigenvalue weighted by molar-refractivity contribution is 0.216. The van der Waals surface area contributed by atoms with Crippen molar-refractivity contribution in [2.75, 3.05) is 6.54 Å². The molecule has 2 atom stereocenters. The van der Waals surface area contributed by atoms with Crippen LogP contribution < -0.4 is 5.32 Å². The molecule has 0 bridgehead atoms. The zero-order valence-electron chi connectivity index (χ0n) is 10.3. The van der Waals surface area contributed by atoms with Crippen LogP contribution in [0.15, 0.2) is 0 Å². The Balaban J connectivity index is 2.32. The Morgan fingerprint density at radius 1 is 1.27 bits per heavy atom. The minimum atomic E-state index is 0.611. The van der Waals surface area contributed by atoms with E-state index in [-0.39, 0.29) is 0 Å². The molecule has 1 saturated carbocycles. The Labute approximate surface area is 95.0 Å². The van der Waals surface area contributed by atoms with Crippen LogP contribution in [0.1, 0.15) is 52.4 Å². The molecule has 1 rings (SSSR count). The lowest BCUT2D eigenvalue weighted by Crippen LogP contribution is -2.34. The number of rotatable bonds is 5. The van der Waals surface area contributed by atoms with Crippen molar-refractivity contribution in [2.24, 2.45) is 11.8 Å². The summed E-state index contributed by atoms with van der Waals surface area (Å²) >= 11 is 0. The third kappa shape index (κ3) is 4.71. The van der Waals surface area contributed by atoms with Crippen LogP contribution in [-0.2, 0) is 0 Å². The highest BCUT2D eigenvalue weighted by Crippen LogP contribution is 2.32. The average Bonchev–Trinajstić information content (AvgIpc) is 2.24. The third-order valence-corrected chi connectivity index (χ3v) is 3.51. The number of hydrogen-bond acceptors (Lipinski definition) is 1. The van der Waals surface area contributed by atoms with Gasteiger partial charge in [-0.2, -0.15) is 0 Å². The summed E-state index contributed by atoms with van der Waals surface area (Å²) in [6, 6.07) is 0.611. The van der Waals surface area contributed by atoms with E-state index in [0.29, 0.717) is 6.04 Å². The highest BCUT2D eigenvalue weighted by molar-refractivity contribution is 4.87. The van der Waals surface area contributed by atoms with Crippen LogP contribution in [0.25, 0.3) is 0 Å². The maximum absolute atomic E-state index is 5.35. The molecule has 0 aromatic rings. The van der Waals surface area contributed by atoms with Crippen LogP contribution in [-0.4, -0.2) is 12.6 Å². The molecule has 1 heteroatoms. The second-order valence-corrected chi connectivity index (χ2v) is 5.11. The minimum absolute atomic E-state index is 0.611. The van der Waals surface area contributed by atoms with Crippen LogP contribution >= 0.6 is 0 Å². The van der Waals surface area contributed by atoms with Crippen molar-refractivity contribution in [3.63, 3.8) is 0 Å². The van der Waals surface area contributed by atoms with E-state index in [1.165, 1.54) is 38.6 Å². The van der Waals surface area contributed by atoms with Crippen LogP contribution in [0.4, 0.5) is 0 Å². The van der Waals surface area contributed by atoms with Crippen molar-refractivity contribution in [2.45, 2.75) is 58.4 Å². The molecule has 0 aliphatic heterocycles. The standard InChI is InChI=1S/C14H25N/c1-4-5-8-13-9-6-7-10-14(13)11-15-12(2)3/h1,12-15H,5-11H2,2-3H3. The first-order chi connectivity index (χ1) is 7.24. The molecule has 15 heavy (non-hydrogen) atoms. The first-order valence-electron chi connectivity index (χ1n) is 6.41. The van der Waals surface area contributed by atoms with Gasteiger partial charge in [-0.15, -0.1) is 12.3 Å². The molecule has 0 amide bonds. The molecule has 0 saturated heterocycles. The van der Waals surface area contributed by atoms with Crippen molar-refractivity contribution < 1.29 is 0 Å². The maximum atomic E-state index is 5.35. The van der Waals surface area contributed by atoms with Crippen molar-refractivity contribution in [1.29, 1.82) is 0 Å². The molecular formula is C14H25N. The highest BCUT2D eigenvalue weighted by Gasteiger charge is 2.24. The molecule has 0 heterocycles. The van der Waals surface area contributed by atoms with Gasteiger partial charge in [0.05, 0.1) is 0 Å². The average molecular weight is 207 g/mol. The Morgan fingerprint density at radius 3 is 2.53 bits per heavy atom. The molecule has 1 nitrogen and oxygen atoms in total. The summed E-state index contributed by atoms with van der Waals surface area (Å²) in [5.41, 5.74) is 0. The molecular weight excluding hydrogens is 182 g/mol. The van der Waals surface area contributed by atoms with Gasteiger partial charge in [-0.1, -0.05) is 33.1 Å². The van der Waals surface area contributed by atoms with Crippen molar-refractivity contribution in [1.82, 2.24) is 5.32 Å². The van der Waals surface area contributed by atoms with Gasteiger partial charge in [-0.25, -0.2) is 0 Å². The fourth-order valence-corrected chi connectivity index (χ4v) is 2.59. The van der Waals surface area contributed by atoms with Gasteiger partial charge in [-0.05, 0) is 31.2 Å². The zero-order valence-corrected chi connectivity index (χ0v) is 10.3. The van der Waals surface area contributed by atoms with Crippen LogP contribution in [0.2, 0.25) is 0 Å². The zero-order chi connectivity index (χ0) is 11.1. The molecule has 1 aliphatic carbocycles. The minimum Gasteiger partial charge on any atom is -0.314 e. The fourth-order valence-electron chi connectivity index (χ4n) is 2.59. The quantitative estimate of drug-likeness (QED) is 0.683. The van der Waals surface area contributed by atoms with E-state index in [1.807, 2.05) is 0 Å². The van der Waals surface area contributed by atoms with Gasteiger partial charge in [0.15, 0.2) is 0 Å². The summed E-state index contributed by atoms with van der Waals surface area (Å²) in [5.74, 6) is 4.53. The van der Waals surface area contributed by atoms with Crippen molar-refractivity contribution >= 4 is 0 Å². The number of terminal acetylenes is 1. The lowest BCUT2D eigenvalue weighted by atomic mass is 9.77. The predicted octanol–water partition coefficient (Wildman–Crippen LogP) is 3.20. The van der Waals surface area contributed by atoms with Crippen LogP contribution in [0.3, 0.4) is 0 Å². The van der Waals surface area contributed by atoms with Gasteiger partial charge in [-0.3, -0.25) is 0 Å². The highest BCUT2D eigenvalue weighted by atomic mass is 14.9. The maximum Gasteiger partial charge on any atom is 0.00888 e. The first-order valence-corrected chi connectivity index (χ1v) is 6.41. The summed E-state index contributed by atoms with van der Waals surface area (Å²) in [6.07, 6.45) is 13.2. The molecule has 0 radical (unpaired) electrons. The molecule has 0 aromatic carbocycles. The summed E-state index contributed by atoms with van der Waals surface area (Å²) < 4.78 is 0. The van der Waals surface area contributed by atoms with Gasteiger partial charge in [0, 0.05) is 12.5 Å². The smallest absolute Gasteiger partial charge is 0.00888 e. The summed E-state index contributed by atoms with van der Waals surface area (Å²) in [7, 11) is 0. The first kappa shape index (κ1) is 12.6. The molecule has 0 spiro atoms. The topological polar surface area (TPSA) is 12.0 Å². The van der Waals surface area contributed by atoms with E-state index in [4.69, 9.17) is 6.42 Å². The molecule has 2 unspecified atom stereocenters. The van der Waals surface area contributed by atoms with Gasteiger partial charge in [0.1, 0.15) is 0 Å². The van der Waals surface area contributed by atoms with Gasteiger partial charge >= 0.3 is 0 Å². The summed E-state index contributed by atoms with van der Waals surface area (Å²) in [6.45, 7) is 5.63. The monoisotopic (exact) mass is 207 g/mol. The molecule has 86 valence electrons. The van der Waals surface area contributed by atoms with Crippen LogP contribution in [0.5, 0.6) is 0 Å². The summed E-state index contributed by atoms with van der Waals surface area (Å²) in [5, 5.41) is 3.57. The molecule has 1 fully saturated rings. The second kappa shape index (κ2) is 6.90. The van der Waals surface area contributed by atoms with E-state index < -0.39 is 0 Å². The molecule has 1 aliphatic rings. The van der Waals surface area contributed by atoms with E-state index in [9.17, 15) is 0 Å². The fraction of sp³-hybridized carbons (Fsp3) is 0.857. The largest absolute Gasteiger partial charge is 0.314 e.